The molecule has 0 unspecified atom stereocenters. The number of aryl methyl sites for hydroxylation is 2. The summed E-state index contributed by atoms with van der Waals surface area (Å²) in [6.07, 6.45) is 5.33. The van der Waals surface area contributed by atoms with Gasteiger partial charge in [-0.25, -0.2) is 9.97 Å². The maximum atomic E-state index is 12.5. The van der Waals surface area contributed by atoms with Gasteiger partial charge >= 0.3 is 0 Å². The quantitative estimate of drug-likeness (QED) is 0.429. The second-order valence-corrected chi connectivity index (χ2v) is 8.00. The number of anilines is 2. The van der Waals surface area contributed by atoms with Gasteiger partial charge in [-0.1, -0.05) is 23.7 Å². The molecular formula is C23H24ClN7O. The third-order valence-corrected chi connectivity index (χ3v) is 5.48. The first kappa shape index (κ1) is 21.7. The summed E-state index contributed by atoms with van der Waals surface area (Å²) in [6, 6.07) is 9.48. The molecule has 9 heteroatoms. The molecule has 0 spiro atoms. The molecule has 2 N–H and O–H groups in total. The van der Waals surface area contributed by atoms with Crippen LogP contribution < -0.4 is 10.6 Å². The van der Waals surface area contributed by atoms with Crippen molar-refractivity contribution in [3.63, 3.8) is 0 Å². The van der Waals surface area contributed by atoms with Gasteiger partial charge in [-0.15, -0.1) is 0 Å². The van der Waals surface area contributed by atoms with E-state index in [1.54, 1.807) is 12.4 Å². The van der Waals surface area contributed by atoms with Gasteiger partial charge in [0.1, 0.15) is 11.3 Å². The second-order valence-electron chi connectivity index (χ2n) is 7.59. The highest BCUT2D eigenvalue weighted by molar-refractivity contribution is 6.31. The van der Waals surface area contributed by atoms with Crippen molar-refractivity contribution in [2.45, 2.75) is 39.8 Å². The molecule has 0 fully saturated rings. The fourth-order valence-corrected chi connectivity index (χ4v) is 3.43. The van der Waals surface area contributed by atoms with Gasteiger partial charge in [-0.05, 0) is 50.1 Å². The van der Waals surface area contributed by atoms with Crippen LogP contribution in [0.15, 0.2) is 48.9 Å². The highest BCUT2D eigenvalue weighted by atomic mass is 35.5. The largest absolute Gasteiger partial charge is 0.362 e. The number of halogens is 1. The van der Waals surface area contributed by atoms with Gasteiger partial charge in [0, 0.05) is 18.4 Å². The van der Waals surface area contributed by atoms with E-state index in [0.717, 1.165) is 28.9 Å². The Morgan fingerprint density at radius 2 is 2.06 bits per heavy atom. The van der Waals surface area contributed by atoms with Crippen LogP contribution in [0.25, 0.3) is 11.2 Å². The van der Waals surface area contributed by atoms with Gasteiger partial charge in [-0.3, -0.25) is 14.5 Å². The Morgan fingerprint density at radius 1 is 1.22 bits per heavy atom. The van der Waals surface area contributed by atoms with Crippen LogP contribution in [0.1, 0.15) is 36.7 Å². The number of nitrogens with one attached hydrogen (secondary N) is 2. The monoisotopic (exact) mass is 449 g/mol. The van der Waals surface area contributed by atoms with Crippen LogP contribution in [-0.4, -0.2) is 30.6 Å². The third kappa shape index (κ3) is 5.03. The molecule has 0 saturated carbocycles. The molecule has 0 saturated heterocycles. The summed E-state index contributed by atoms with van der Waals surface area (Å²) < 4.78 is 1.81. The first-order valence-electron chi connectivity index (χ1n) is 10.4. The summed E-state index contributed by atoms with van der Waals surface area (Å²) in [4.78, 5) is 25.7. The first-order valence-corrected chi connectivity index (χ1v) is 10.8. The summed E-state index contributed by atoms with van der Waals surface area (Å²) in [6.45, 7) is 6.70. The van der Waals surface area contributed by atoms with Crippen LogP contribution in [0.4, 0.5) is 11.5 Å². The smallest absolute Gasteiger partial charge is 0.230 e. The lowest BCUT2D eigenvalue weighted by Crippen LogP contribution is -2.16. The molecule has 0 aliphatic heterocycles. The number of benzene rings is 1. The van der Waals surface area contributed by atoms with E-state index in [1.807, 2.05) is 62.0 Å². The van der Waals surface area contributed by atoms with Crippen LogP contribution in [0.5, 0.6) is 0 Å². The normalized spacial score (nSPS) is 12.0. The number of pyridine rings is 1. The molecule has 32 heavy (non-hydrogen) atoms. The molecule has 3 heterocycles. The molecule has 4 aromatic rings. The van der Waals surface area contributed by atoms with E-state index in [1.165, 1.54) is 0 Å². The maximum absolute atomic E-state index is 12.5. The van der Waals surface area contributed by atoms with Crippen molar-refractivity contribution in [1.82, 2.24) is 24.7 Å². The zero-order valence-corrected chi connectivity index (χ0v) is 18.9. The number of hydrogen-bond acceptors (Lipinski definition) is 6. The fourth-order valence-electron chi connectivity index (χ4n) is 3.33. The summed E-state index contributed by atoms with van der Waals surface area (Å²) in [7, 11) is 0. The van der Waals surface area contributed by atoms with E-state index in [9.17, 15) is 4.79 Å². The van der Waals surface area contributed by atoms with Crippen molar-refractivity contribution in [3.05, 3.63) is 70.8 Å². The molecule has 1 atom stereocenters. The van der Waals surface area contributed by atoms with Gasteiger partial charge in [0.25, 0.3) is 0 Å². The molecule has 3 aromatic heterocycles. The van der Waals surface area contributed by atoms with Crippen LogP contribution >= 0.6 is 11.6 Å². The summed E-state index contributed by atoms with van der Waals surface area (Å²) in [5.74, 6) is 0.504. The van der Waals surface area contributed by atoms with Crippen LogP contribution in [0.2, 0.25) is 5.02 Å². The minimum Gasteiger partial charge on any atom is -0.362 e. The van der Waals surface area contributed by atoms with Crippen molar-refractivity contribution in [1.29, 1.82) is 0 Å². The van der Waals surface area contributed by atoms with Gasteiger partial charge in [0.2, 0.25) is 11.6 Å². The Hall–Kier alpha value is -3.52. The Labute approximate surface area is 191 Å². The third-order valence-electron chi connectivity index (χ3n) is 5.08. The van der Waals surface area contributed by atoms with Crippen LogP contribution in [0.3, 0.4) is 0 Å². The van der Waals surface area contributed by atoms with Crippen molar-refractivity contribution in [2.24, 2.45) is 0 Å². The first-order chi connectivity index (χ1) is 15.4. The van der Waals surface area contributed by atoms with Crippen LogP contribution in [0, 0.1) is 6.92 Å². The molecule has 0 aliphatic carbocycles. The number of fused-ring (bicyclic) bond motifs is 1. The Balaban J connectivity index is 1.42. The van der Waals surface area contributed by atoms with E-state index in [-0.39, 0.29) is 18.4 Å². The zero-order valence-electron chi connectivity index (χ0n) is 18.1. The van der Waals surface area contributed by atoms with Gasteiger partial charge in [-0.2, -0.15) is 5.10 Å². The lowest BCUT2D eigenvalue weighted by atomic mass is 10.1. The van der Waals surface area contributed by atoms with E-state index in [4.69, 9.17) is 11.6 Å². The van der Waals surface area contributed by atoms with Crippen molar-refractivity contribution in [2.75, 3.05) is 10.6 Å². The predicted octanol–water partition coefficient (Wildman–Crippen LogP) is 4.56. The van der Waals surface area contributed by atoms with E-state index in [0.29, 0.717) is 22.2 Å². The summed E-state index contributed by atoms with van der Waals surface area (Å²) >= 11 is 6.01. The average Bonchev–Trinajstić information content (AvgIpc) is 3.19. The molecule has 0 bridgehead atoms. The highest BCUT2D eigenvalue weighted by Crippen LogP contribution is 2.22. The second kappa shape index (κ2) is 9.32. The molecule has 0 aliphatic rings. The zero-order chi connectivity index (χ0) is 22.7. The molecule has 164 valence electrons. The molecule has 1 amide bonds. The Kier molecular flexibility index (Phi) is 6.32. The summed E-state index contributed by atoms with van der Waals surface area (Å²) in [5.41, 5.74) is 4.67. The van der Waals surface area contributed by atoms with E-state index < -0.39 is 0 Å². The van der Waals surface area contributed by atoms with E-state index >= 15 is 0 Å². The molecule has 4 rings (SSSR count). The number of carbonyl (C=O) groups is 1. The number of aromatic nitrogens is 5. The van der Waals surface area contributed by atoms with Gasteiger partial charge < -0.3 is 10.6 Å². The number of carbonyl (C=O) groups excluding carboxylic acids is 1. The summed E-state index contributed by atoms with van der Waals surface area (Å²) in [5, 5.41) is 11.3. The molecule has 0 radical (unpaired) electrons. The topological polar surface area (TPSA) is 97.6 Å². The minimum absolute atomic E-state index is 0.0487. The van der Waals surface area contributed by atoms with Crippen molar-refractivity contribution >= 4 is 40.2 Å². The SMILES string of the molecule is CCn1cc2ncc(N[C@@H](C)c3cccc(NC(=O)Cc4cc(C)c(Cl)cn4)c3)nc2n1. The Bertz CT molecular complexity index is 1270. The number of amides is 1. The lowest BCUT2D eigenvalue weighted by Gasteiger charge is -2.16. The Morgan fingerprint density at radius 3 is 2.84 bits per heavy atom. The van der Waals surface area contributed by atoms with Crippen molar-refractivity contribution in [3.8, 4) is 0 Å². The number of nitrogens with zero attached hydrogens (tertiary/aromatic N) is 5. The predicted molar refractivity (Wildman–Crippen MR) is 126 cm³/mol. The highest BCUT2D eigenvalue weighted by Gasteiger charge is 2.11. The number of hydrogen-bond donors (Lipinski definition) is 2. The van der Waals surface area contributed by atoms with Gasteiger partial charge in [0.15, 0.2) is 0 Å². The molecular weight excluding hydrogens is 426 g/mol. The van der Waals surface area contributed by atoms with Gasteiger partial charge in [0.05, 0.1) is 35.6 Å². The maximum Gasteiger partial charge on any atom is 0.230 e. The van der Waals surface area contributed by atoms with Crippen molar-refractivity contribution < 1.29 is 4.79 Å². The lowest BCUT2D eigenvalue weighted by molar-refractivity contribution is -0.115. The number of rotatable bonds is 7. The fraction of sp³-hybridized carbons (Fsp3) is 0.261. The average molecular weight is 450 g/mol. The standard InChI is InChI=1S/C23H24ClN7O/c1-4-31-13-20-23(30-31)29-21(12-26-20)27-15(3)16-6-5-7-17(9-16)28-22(32)10-18-8-14(2)19(24)11-25-18/h5-9,11-13,15H,4,10H2,1-3H3,(H,28,32)(H,27,29,30)/t15-/m0/s1. The van der Waals surface area contributed by atoms with Crippen LogP contribution in [-0.2, 0) is 17.8 Å². The molecule has 8 nitrogen and oxygen atoms in total. The molecule has 1 aromatic carbocycles. The minimum atomic E-state index is -0.139. The van der Waals surface area contributed by atoms with E-state index in [2.05, 4.69) is 30.7 Å².